The van der Waals surface area contributed by atoms with Crippen molar-refractivity contribution in [2.24, 2.45) is 4.99 Å². The third kappa shape index (κ3) is 2.78. The average Bonchev–Trinajstić information content (AvgIpc) is 3.40. The van der Waals surface area contributed by atoms with Gasteiger partial charge in [-0.05, 0) is 35.9 Å². The summed E-state index contributed by atoms with van der Waals surface area (Å²) in [4.78, 5) is 23.1. The molecule has 30 heavy (non-hydrogen) atoms. The van der Waals surface area contributed by atoms with Crippen molar-refractivity contribution in [1.82, 2.24) is 9.88 Å². The number of ether oxygens (including phenoxy) is 1. The second-order valence-corrected chi connectivity index (χ2v) is 8.31. The Morgan fingerprint density at radius 2 is 2.13 bits per heavy atom. The van der Waals surface area contributed by atoms with E-state index in [1.165, 1.54) is 0 Å². The molecule has 150 valence electrons. The number of hydrogen-bond donors (Lipinski definition) is 1. The summed E-state index contributed by atoms with van der Waals surface area (Å²) in [6.07, 6.45) is 1.87. The fourth-order valence-corrected chi connectivity index (χ4v) is 4.44. The van der Waals surface area contributed by atoms with Crippen molar-refractivity contribution in [2.45, 2.75) is 19.3 Å². The summed E-state index contributed by atoms with van der Waals surface area (Å²) < 4.78 is 5.98. The van der Waals surface area contributed by atoms with Gasteiger partial charge in [0.1, 0.15) is 12.4 Å². The molecule has 1 aromatic heterocycles. The second kappa shape index (κ2) is 6.74. The molecule has 6 heteroatoms. The predicted octanol–water partition coefficient (Wildman–Crippen LogP) is 3.63. The van der Waals surface area contributed by atoms with E-state index in [-0.39, 0.29) is 5.78 Å². The molecule has 0 saturated carbocycles. The van der Waals surface area contributed by atoms with Gasteiger partial charge in [0.2, 0.25) is 0 Å². The number of nitrogens with one attached hydrogen (secondary N) is 1. The van der Waals surface area contributed by atoms with E-state index >= 15 is 0 Å². The van der Waals surface area contributed by atoms with Crippen LogP contribution < -0.4 is 4.74 Å². The number of nitrogens with zero attached hydrogens (tertiary/aromatic N) is 3. The SMILES string of the molecule is CC1(C)c2cc(OCCN3C=NCC3)ccc2C(=O)c2c1[nH]c1cc(C#N)ccc21. The summed E-state index contributed by atoms with van der Waals surface area (Å²) in [5.41, 5.74) is 4.24. The number of benzene rings is 2. The summed E-state index contributed by atoms with van der Waals surface area (Å²) in [5, 5.41) is 10.1. The van der Waals surface area contributed by atoms with Gasteiger partial charge in [-0.15, -0.1) is 0 Å². The summed E-state index contributed by atoms with van der Waals surface area (Å²) in [6, 6.07) is 13.3. The number of ketones is 1. The molecule has 5 rings (SSSR count). The molecule has 0 saturated heterocycles. The number of hydrogen-bond acceptors (Lipinski definition) is 5. The van der Waals surface area contributed by atoms with Gasteiger partial charge in [0.15, 0.2) is 5.78 Å². The Morgan fingerprint density at radius 1 is 1.27 bits per heavy atom. The van der Waals surface area contributed by atoms with Gasteiger partial charge in [-0.3, -0.25) is 9.79 Å². The van der Waals surface area contributed by atoms with E-state index in [0.717, 1.165) is 47.5 Å². The maximum Gasteiger partial charge on any atom is 0.195 e. The van der Waals surface area contributed by atoms with Gasteiger partial charge < -0.3 is 14.6 Å². The van der Waals surface area contributed by atoms with Gasteiger partial charge in [-0.2, -0.15) is 5.26 Å². The number of aromatic nitrogens is 1. The number of aliphatic imine (C=N–C) groups is 1. The lowest BCUT2D eigenvalue weighted by Gasteiger charge is -2.32. The molecule has 1 aliphatic heterocycles. The lowest BCUT2D eigenvalue weighted by atomic mass is 9.71. The number of aromatic amines is 1. The number of carbonyl (C=O) groups excluding carboxylic acids is 1. The number of H-pyrrole nitrogens is 1. The zero-order chi connectivity index (χ0) is 20.9. The van der Waals surface area contributed by atoms with Crippen LogP contribution >= 0.6 is 0 Å². The monoisotopic (exact) mass is 398 g/mol. The van der Waals surface area contributed by atoms with E-state index in [9.17, 15) is 10.1 Å². The highest BCUT2D eigenvalue weighted by molar-refractivity contribution is 6.20. The molecule has 1 aliphatic carbocycles. The fraction of sp³-hybridized carbons (Fsp3) is 0.292. The fourth-order valence-electron chi connectivity index (χ4n) is 4.44. The molecule has 0 amide bonds. The highest BCUT2D eigenvalue weighted by atomic mass is 16.5. The van der Waals surface area contributed by atoms with Crippen LogP contribution in [0, 0.1) is 11.3 Å². The Labute approximate surface area is 174 Å². The van der Waals surface area contributed by atoms with Crippen LogP contribution in [0.3, 0.4) is 0 Å². The highest BCUT2D eigenvalue weighted by Crippen LogP contribution is 2.44. The average molecular weight is 398 g/mol. The Bertz CT molecular complexity index is 1250. The molecule has 0 spiro atoms. The van der Waals surface area contributed by atoms with E-state index in [4.69, 9.17) is 4.74 Å². The van der Waals surface area contributed by atoms with Gasteiger partial charge in [0.05, 0.1) is 36.6 Å². The van der Waals surface area contributed by atoms with E-state index in [1.54, 1.807) is 12.1 Å². The molecule has 0 radical (unpaired) electrons. The number of rotatable bonds is 4. The molecular formula is C24H22N4O2. The number of nitriles is 1. The molecule has 0 bridgehead atoms. The van der Waals surface area contributed by atoms with E-state index in [0.29, 0.717) is 23.3 Å². The smallest absolute Gasteiger partial charge is 0.195 e. The summed E-state index contributed by atoms with van der Waals surface area (Å²) in [5.74, 6) is 0.771. The van der Waals surface area contributed by atoms with E-state index < -0.39 is 5.41 Å². The number of fused-ring (bicyclic) bond motifs is 4. The largest absolute Gasteiger partial charge is 0.492 e. The van der Waals surface area contributed by atoms with Crippen LogP contribution in [0.25, 0.3) is 10.9 Å². The minimum Gasteiger partial charge on any atom is -0.492 e. The standard InChI is InChI=1S/C24H22N4O2/c1-24(2)19-12-16(30-10-9-28-8-7-26-14-28)4-6-17(19)22(29)21-18-5-3-15(13-25)11-20(18)27-23(21)24/h3-6,11-12,14,27H,7-10H2,1-2H3. The van der Waals surface area contributed by atoms with Crippen molar-refractivity contribution >= 4 is 23.0 Å². The van der Waals surface area contributed by atoms with Crippen LogP contribution in [0.1, 0.15) is 46.6 Å². The first-order valence-corrected chi connectivity index (χ1v) is 10.1. The second-order valence-electron chi connectivity index (χ2n) is 8.31. The first-order chi connectivity index (χ1) is 14.5. The Kier molecular flexibility index (Phi) is 4.14. The molecule has 0 fully saturated rings. The lowest BCUT2D eigenvalue weighted by molar-refractivity contribution is 0.103. The first kappa shape index (κ1) is 18.4. The van der Waals surface area contributed by atoms with Crippen LogP contribution in [-0.4, -0.2) is 48.2 Å². The van der Waals surface area contributed by atoms with Crippen molar-refractivity contribution in [3.63, 3.8) is 0 Å². The van der Waals surface area contributed by atoms with E-state index in [2.05, 4.69) is 34.8 Å². The molecule has 3 aromatic rings. The van der Waals surface area contributed by atoms with Gasteiger partial charge in [-0.1, -0.05) is 19.9 Å². The number of carbonyl (C=O) groups is 1. The van der Waals surface area contributed by atoms with E-state index in [1.807, 2.05) is 30.6 Å². The maximum absolute atomic E-state index is 13.4. The van der Waals surface area contributed by atoms with Crippen LogP contribution in [0.15, 0.2) is 41.4 Å². The summed E-state index contributed by atoms with van der Waals surface area (Å²) >= 11 is 0. The Hall–Kier alpha value is -3.59. The van der Waals surface area contributed by atoms with Crippen LogP contribution in [0.4, 0.5) is 0 Å². The third-order valence-electron chi connectivity index (χ3n) is 6.10. The molecular weight excluding hydrogens is 376 g/mol. The molecule has 0 unspecified atom stereocenters. The summed E-state index contributed by atoms with van der Waals surface area (Å²) in [6.45, 7) is 7.36. The predicted molar refractivity (Wildman–Crippen MR) is 115 cm³/mol. The first-order valence-electron chi connectivity index (χ1n) is 10.1. The normalized spacial score (nSPS) is 16.4. The maximum atomic E-state index is 13.4. The van der Waals surface area contributed by atoms with Gasteiger partial charge in [0, 0.05) is 34.1 Å². The lowest BCUT2D eigenvalue weighted by Crippen LogP contribution is -2.30. The minimum atomic E-state index is -0.397. The van der Waals surface area contributed by atoms with Gasteiger partial charge >= 0.3 is 0 Å². The van der Waals surface area contributed by atoms with Crippen LogP contribution in [0.2, 0.25) is 0 Å². The topological polar surface area (TPSA) is 81.5 Å². The molecule has 0 atom stereocenters. The molecule has 1 N–H and O–H groups in total. The van der Waals surface area contributed by atoms with Gasteiger partial charge in [0.25, 0.3) is 0 Å². The molecule has 2 aromatic carbocycles. The Morgan fingerprint density at radius 3 is 2.90 bits per heavy atom. The zero-order valence-corrected chi connectivity index (χ0v) is 17.0. The minimum absolute atomic E-state index is 0.00936. The molecule has 6 nitrogen and oxygen atoms in total. The van der Waals surface area contributed by atoms with Gasteiger partial charge in [-0.25, -0.2) is 0 Å². The van der Waals surface area contributed by atoms with Crippen LogP contribution in [0.5, 0.6) is 5.75 Å². The third-order valence-corrected chi connectivity index (χ3v) is 6.10. The highest BCUT2D eigenvalue weighted by Gasteiger charge is 2.39. The molecule has 2 heterocycles. The van der Waals surface area contributed by atoms with Crippen molar-refractivity contribution in [1.29, 1.82) is 5.26 Å². The van der Waals surface area contributed by atoms with Crippen LogP contribution in [-0.2, 0) is 5.41 Å². The Balaban J connectivity index is 1.50. The van der Waals surface area contributed by atoms with Crippen molar-refractivity contribution in [2.75, 3.05) is 26.2 Å². The van der Waals surface area contributed by atoms with Crippen molar-refractivity contribution in [3.05, 3.63) is 64.3 Å². The summed E-state index contributed by atoms with van der Waals surface area (Å²) in [7, 11) is 0. The molecule has 2 aliphatic rings. The van der Waals surface area contributed by atoms with Crippen molar-refractivity contribution < 1.29 is 9.53 Å². The quantitative estimate of drug-likeness (QED) is 0.728. The zero-order valence-electron chi connectivity index (χ0n) is 17.0. The van der Waals surface area contributed by atoms with Crippen molar-refractivity contribution in [3.8, 4) is 11.8 Å².